The molecule has 2 heterocycles. The lowest BCUT2D eigenvalue weighted by molar-refractivity contribution is 0.251. The van der Waals surface area contributed by atoms with Gasteiger partial charge in [0, 0.05) is 23.0 Å². The maximum absolute atomic E-state index is 5.62. The van der Waals surface area contributed by atoms with Gasteiger partial charge in [-0.15, -0.1) is 0 Å². The zero-order chi connectivity index (χ0) is 9.42. The lowest BCUT2D eigenvalue weighted by Gasteiger charge is -2.04. The number of alkyl halides is 1. The second kappa shape index (κ2) is 3.25. The van der Waals surface area contributed by atoms with Crippen LogP contribution in [-0.4, -0.2) is 21.4 Å². The highest BCUT2D eigenvalue weighted by Crippen LogP contribution is 2.28. The molecule has 1 aromatic rings. The van der Waals surface area contributed by atoms with Crippen LogP contribution in [0.15, 0.2) is 0 Å². The summed E-state index contributed by atoms with van der Waals surface area (Å²) in [4.78, 5) is 8.57. The third-order valence-corrected chi connectivity index (χ3v) is 2.89. The number of nitrogens with zero attached hydrogens (tertiary/aromatic N) is 2. The van der Waals surface area contributed by atoms with Gasteiger partial charge >= 0.3 is 0 Å². The number of hydrogen-bond acceptors (Lipinski definition) is 3. The zero-order valence-electron chi connectivity index (χ0n) is 7.67. The average molecular weight is 243 g/mol. The Labute approximate surface area is 85.7 Å². The molecule has 1 aliphatic heterocycles. The molecule has 4 heteroatoms. The highest BCUT2D eigenvalue weighted by Gasteiger charge is 2.25. The molecule has 0 radical (unpaired) electrons. The monoisotopic (exact) mass is 242 g/mol. The number of aromatic nitrogens is 2. The fourth-order valence-electron chi connectivity index (χ4n) is 1.55. The number of ether oxygens (including phenoxy) is 1. The Kier molecular flexibility index (Phi) is 2.24. The topological polar surface area (TPSA) is 35.0 Å². The molecule has 1 aromatic heterocycles. The summed E-state index contributed by atoms with van der Waals surface area (Å²) in [6.07, 6.45) is 1.15. The number of halogens is 1. The van der Waals surface area contributed by atoms with Crippen LogP contribution in [0, 0.1) is 13.8 Å². The fourth-order valence-corrected chi connectivity index (χ4v) is 1.91. The SMILES string of the molecule is Cc1nc(C)c2c(n1)O[C@@H](CBr)C2. The van der Waals surface area contributed by atoms with Crippen molar-refractivity contribution >= 4 is 15.9 Å². The van der Waals surface area contributed by atoms with Crippen LogP contribution in [0.1, 0.15) is 17.1 Å². The van der Waals surface area contributed by atoms with Gasteiger partial charge in [0.25, 0.3) is 0 Å². The Bertz CT molecular complexity index is 341. The Morgan fingerprint density at radius 2 is 2.23 bits per heavy atom. The second-order valence-corrected chi connectivity index (χ2v) is 3.89. The van der Waals surface area contributed by atoms with Gasteiger partial charge in [-0.05, 0) is 13.8 Å². The first-order valence-corrected chi connectivity index (χ1v) is 5.39. The van der Waals surface area contributed by atoms with E-state index >= 15 is 0 Å². The van der Waals surface area contributed by atoms with Crippen LogP contribution in [0.4, 0.5) is 0 Å². The van der Waals surface area contributed by atoms with E-state index in [1.807, 2.05) is 13.8 Å². The average Bonchev–Trinajstić information content (AvgIpc) is 2.47. The normalized spacial score (nSPS) is 19.8. The molecule has 0 saturated carbocycles. The Morgan fingerprint density at radius 3 is 2.92 bits per heavy atom. The van der Waals surface area contributed by atoms with Gasteiger partial charge in [0.1, 0.15) is 11.9 Å². The van der Waals surface area contributed by atoms with E-state index in [9.17, 15) is 0 Å². The molecule has 1 aliphatic rings. The number of aryl methyl sites for hydroxylation is 2. The van der Waals surface area contributed by atoms with E-state index in [-0.39, 0.29) is 6.10 Å². The molecule has 0 saturated heterocycles. The van der Waals surface area contributed by atoms with E-state index in [1.54, 1.807) is 0 Å². The largest absolute Gasteiger partial charge is 0.473 e. The summed E-state index contributed by atoms with van der Waals surface area (Å²) in [7, 11) is 0. The van der Waals surface area contributed by atoms with Crippen molar-refractivity contribution in [3.8, 4) is 5.88 Å². The van der Waals surface area contributed by atoms with Gasteiger partial charge in [0.05, 0.1) is 0 Å². The summed E-state index contributed by atoms with van der Waals surface area (Å²) in [5.41, 5.74) is 2.21. The zero-order valence-corrected chi connectivity index (χ0v) is 9.26. The quantitative estimate of drug-likeness (QED) is 0.705. The molecular weight excluding hydrogens is 232 g/mol. The molecule has 0 unspecified atom stereocenters. The maximum atomic E-state index is 5.62. The second-order valence-electron chi connectivity index (χ2n) is 3.24. The van der Waals surface area contributed by atoms with Gasteiger partial charge in [-0.1, -0.05) is 15.9 Å². The molecule has 70 valence electrons. The van der Waals surface area contributed by atoms with Crippen LogP contribution >= 0.6 is 15.9 Å². The van der Waals surface area contributed by atoms with E-state index in [0.717, 1.165) is 34.7 Å². The van der Waals surface area contributed by atoms with Crippen molar-refractivity contribution in [2.75, 3.05) is 5.33 Å². The van der Waals surface area contributed by atoms with Crippen molar-refractivity contribution in [3.63, 3.8) is 0 Å². The van der Waals surface area contributed by atoms with Crippen LogP contribution in [0.5, 0.6) is 5.88 Å². The molecule has 0 amide bonds. The first kappa shape index (κ1) is 8.94. The Hall–Kier alpha value is -0.640. The van der Waals surface area contributed by atoms with Crippen LogP contribution in [0.3, 0.4) is 0 Å². The standard InChI is InChI=1S/C9H11BrN2O/c1-5-8-3-7(4-10)13-9(8)12-6(2)11-5/h7H,3-4H2,1-2H3/t7-/m1/s1. The maximum Gasteiger partial charge on any atom is 0.220 e. The van der Waals surface area contributed by atoms with E-state index < -0.39 is 0 Å². The van der Waals surface area contributed by atoms with Crippen LogP contribution in [0.25, 0.3) is 0 Å². The van der Waals surface area contributed by atoms with Crippen LogP contribution in [0.2, 0.25) is 0 Å². The van der Waals surface area contributed by atoms with E-state index in [2.05, 4.69) is 25.9 Å². The molecule has 0 aromatic carbocycles. The molecule has 0 spiro atoms. The molecule has 0 bridgehead atoms. The minimum Gasteiger partial charge on any atom is -0.473 e. The first-order chi connectivity index (χ1) is 6.20. The van der Waals surface area contributed by atoms with Gasteiger partial charge in [0.15, 0.2) is 0 Å². The van der Waals surface area contributed by atoms with E-state index in [4.69, 9.17) is 4.74 Å². The van der Waals surface area contributed by atoms with Gasteiger partial charge in [-0.25, -0.2) is 4.98 Å². The molecule has 0 fully saturated rings. The van der Waals surface area contributed by atoms with Gasteiger partial charge in [0.2, 0.25) is 5.88 Å². The van der Waals surface area contributed by atoms with Gasteiger partial charge in [-0.3, -0.25) is 0 Å². The predicted octanol–water partition coefficient (Wildman–Crippen LogP) is 1.79. The first-order valence-electron chi connectivity index (χ1n) is 4.27. The summed E-state index contributed by atoms with van der Waals surface area (Å²) < 4.78 is 5.62. The van der Waals surface area contributed by atoms with Crippen molar-refractivity contribution in [1.82, 2.24) is 9.97 Å². The molecule has 13 heavy (non-hydrogen) atoms. The Morgan fingerprint density at radius 1 is 1.46 bits per heavy atom. The molecule has 1 atom stereocenters. The minimum atomic E-state index is 0.227. The molecule has 3 nitrogen and oxygen atoms in total. The minimum absolute atomic E-state index is 0.227. The summed E-state index contributed by atoms with van der Waals surface area (Å²) >= 11 is 3.41. The lowest BCUT2D eigenvalue weighted by Crippen LogP contribution is -2.14. The summed E-state index contributed by atoms with van der Waals surface area (Å²) in [6.45, 7) is 3.89. The molecular formula is C9H11BrN2O. The van der Waals surface area contributed by atoms with E-state index in [1.165, 1.54) is 0 Å². The number of fused-ring (bicyclic) bond motifs is 1. The van der Waals surface area contributed by atoms with Crippen LogP contribution < -0.4 is 4.74 Å². The third-order valence-electron chi connectivity index (χ3n) is 2.17. The third kappa shape index (κ3) is 1.55. The highest BCUT2D eigenvalue weighted by atomic mass is 79.9. The molecule has 0 N–H and O–H groups in total. The Balaban J connectivity index is 2.40. The molecule has 2 rings (SSSR count). The van der Waals surface area contributed by atoms with Gasteiger partial charge < -0.3 is 4.74 Å². The lowest BCUT2D eigenvalue weighted by atomic mass is 10.1. The van der Waals surface area contributed by atoms with E-state index in [0.29, 0.717) is 0 Å². The summed E-state index contributed by atoms with van der Waals surface area (Å²) in [5.74, 6) is 1.56. The number of hydrogen-bond donors (Lipinski definition) is 0. The van der Waals surface area contributed by atoms with Crippen molar-refractivity contribution in [3.05, 3.63) is 17.1 Å². The fraction of sp³-hybridized carbons (Fsp3) is 0.556. The van der Waals surface area contributed by atoms with Crippen molar-refractivity contribution < 1.29 is 4.74 Å². The van der Waals surface area contributed by atoms with Gasteiger partial charge in [-0.2, -0.15) is 4.98 Å². The molecule has 0 aliphatic carbocycles. The predicted molar refractivity (Wildman–Crippen MR) is 53.4 cm³/mol. The van der Waals surface area contributed by atoms with Crippen molar-refractivity contribution in [1.29, 1.82) is 0 Å². The summed E-state index contributed by atoms with van der Waals surface area (Å²) in [5, 5.41) is 0.849. The van der Waals surface area contributed by atoms with Crippen LogP contribution in [-0.2, 0) is 6.42 Å². The highest BCUT2D eigenvalue weighted by molar-refractivity contribution is 9.09. The van der Waals surface area contributed by atoms with Crippen molar-refractivity contribution in [2.24, 2.45) is 0 Å². The smallest absolute Gasteiger partial charge is 0.220 e. The summed E-state index contributed by atoms with van der Waals surface area (Å²) in [6, 6.07) is 0. The van der Waals surface area contributed by atoms with Crippen molar-refractivity contribution in [2.45, 2.75) is 26.4 Å². The number of rotatable bonds is 1.